The van der Waals surface area contributed by atoms with Gasteiger partial charge in [-0.3, -0.25) is 0 Å². The molecular formula is C9H16N4O. The minimum Gasteiger partial charge on any atom is -0.392 e. The zero-order valence-electron chi connectivity index (χ0n) is 8.51. The Morgan fingerprint density at radius 2 is 2.43 bits per heavy atom. The van der Waals surface area contributed by atoms with Crippen molar-refractivity contribution in [2.45, 2.75) is 38.5 Å². The van der Waals surface area contributed by atoms with E-state index < -0.39 is 0 Å². The first kappa shape index (κ1) is 9.61. The number of aromatic nitrogens is 3. The lowest BCUT2D eigenvalue weighted by Crippen LogP contribution is -2.19. The van der Waals surface area contributed by atoms with Crippen LogP contribution in [0.4, 0.5) is 0 Å². The van der Waals surface area contributed by atoms with E-state index in [-0.39, 0.29) is 12.1 Å². The van der Waals surface area contributed by atoms with E-state index in [0.717, 1.165) is 12.2 Å². The molecule has 1 aliphatic rings. The van der Waals surface area contributed by atoms with Crippen LogP contribution in [0.2, 0.25) is 0 Å². The van der Waals surface area contributed by atoms with Gasteiger partial charge in [-0.2, -0.15) is 0 Å². The van der Waals surface area contributed by atoms with Gasteiger partial charge in [0.25, 0.3) is 0 Å². The van der Waals surface area contributed by atoms with Crippen LogP contribution in [-0.2, 0) is 0 Å². The molecule has 0 bridgehead atoms. The molecule has 5 heteroatoms. The van der Waals surface area contributed by atoms with Crippen molar-refractivity contribution in [2.24, 2.45) is 0 Å². The highest BCUT2D eigenvalue weighted by Gasteiger charge is 2.27. The van der Waals surface area contributed by atoms with Gasteiger partial charge in [-0.15, -0.1) is 10.2 Å². The van der Waals surface area contributed by atoms with E-state index in [1.807, 2.05) is 4.57 Å². The van der Waals surface area contributed by atoms with E-state index in [4.69, 9.17) is 0 Å². The fourth-order valence-electron chi connectivity index (χ4n) is 1.81. The van der Waals surface area contributed by atoms with Crippen molar-refractivity contribution in [1.29, 1.82) is 0 Å². The standard InChI is InChI=1S/C9H16N4O/c1-6(2)13-5-11-12-9(13)8-3-7(14)4-10-8/h5-8,10,14H,3-4H2,1-2H3/t7?,8-/m0/s1. The molecule has 1 saturated heterocycles. The molecular weight excluding hydrogens is 180 g/mol. The van der Waals surface area contributed by atoms with Gasteiger partial charge in [-0.1, -0.05) is 0 Å². The lowest BCUT2D eigenvalue weighted by molar-refractivity contribution is 0.192. The van der Waals surface area contributed by atoms with Gasteiger partial charge < -0.3 is 15.0 Å². The average Bonchev–Trinajstić information content (AvgIpc) is 2.70. The van der Waals surface area contributed by atoms with E-state index in [0.29, 0.717) is 12.6 Å². The molecule has 1 unspecified atom stereocenters. The number of nitrogens with one attached hydrogen (secondary N) is 1. The van der Waals surface area contributed by atoms with E-state index in [9.17, 15) is 5.11 Å². The van der Waals surface area contributed by atoms with Gasteiger partial charge in [-0.25, -0.2) is 0 Å². The van der Waals surface area contributed by atoms with Gasteiger partial charge in [0.15, 0.2) is 0 Å². The molecule has 78 valence electrons. The van der Waals surface area contributed by atoms with Crippen molar-refractivity contribution in [1.82, 2.24) is 20.1 Å². The molecule has 5 nitrogen and oxygen atoms in total. The quantitative estimate of drug-likeness (QED) is 0.712. The molecule has 2 heterocycles. The van der Waals surface area contributed by atoms with Crippen LogP contribution >= 0.6 is 0 Å². The number of nitrogens with zero attached hydrogens (tertiary/aromatic N) is 3. The molecule has 0 saturated carbocycles. The summed E-state index contributed by atoms with van der Waals surface area (Å²) in [7, 11) is 0. The van der Waals surface area contributed by atoms with E-state index in [2.05, 4.69) is 29.4 Å². The summed E-state index contributed by atoms with van der Waals surface area (Å²) in [6, 6.07) is 0.509. The van der Waals surface area contributed by atoms with Gasteiger partial charge in [0.1, 0.15) is 12.2 Å². The van der Waals surface area contributed by atoms with Gasteiger partial charge in [0, 0.05) is 12.6 Å². The van der Waals surface area contributed by atoms with Crippen LogP contribution in [-0.4, -0.2) is 32.5 Å². The molecule has 1 aliphatic heterocycles. The van der Waals surface area contributed by atoms with E-state index >= 15 is 0 Å². The van der Waals surface area contributed by atoms with Crippen molar-refractivity contribution in [2.75, 3.05) is 6.54 Å². The maximum absolute atomic E-state index is 9.41. The van der Waals surface area contributed by atoms with Gasteiger partial charge in [0.05, 0.1) is 12.1 Å². The van der Waals surface area contributed by atoms with Gasteiger partial charge in [-0.05, 0) is 20.3 Å². The number of hydrogen-bond acceptors (Lipinski definition) is 4. The maximum atomic E-state index is 9.41. The van der Waals surface area contributed by atoms with Crippen LogP contribution in [0, 0.1) is 0 Å². The van der Waals surface area contributed by atoms with Crippen molar-refractivity contribution < 1.29 is 5.11 Å². The molecule has 2 atom stereocenters. The molecule has 2 N–H and O–H groups in total. The molecule has 0 amide bonds. The molecule has 1 aromatic heterocycles. The minimum absolute atomic E-state index is 0.148. The normalized spacial score (nSPS) is 27.4. The van der Waals surface area contributed by atoms with Crippen LogP contribution in [0.15, 0.2) is 6.33 Å². The first-order valence-electron chi connectivity index (χ1n) is 4.99. The fraction of sp³-hybridized carbons (Fsp3) is 0.778. The van der Waals surface area contributed by atoms with E-state index in [1.165, 1.54) is 0 Å². The highest BCUT2D eigenvalue weighted by Crippen LogP contribution is 2.23. The van der Waals surface area contributed by atoms with Crippen LogP contribution in [0.5, 0.6) is 0 Å². The zero-order valence-corrected chi connectivity index (χ0v) is 8.51. The summed E-state index contributed by atoms with van der Waals surface area (Å²) in [5.74, 6) is 0.927. The zero-order chi connectivity index (χ0) is 10.1. The number of β-amino-alcohol motifs (C(OH)–C–C–N with tert-alkyl or cyclic N) is 1. The topological polar surface area (TPSA) is 63.0 Å². The Bertz CT molecular complexity index is 310. The molecule has 0 aliphatic carbocycles. The predicted molar refractivity (Wildman–Crippen MR) is 51.8 cm³/mol. The molecule has 2 rings (SSSR count). The lowest BCUT2D eigenvalue weighted by atomic mass is 10.2. The minimum atomic E-state index is -0.252. The number of aliphatic hydroxyl groups is 1. The monoisotopic (exact) mass is 196 g/mol. The summed E-state index contributed by atoms with van der Waals surface area (Å²) in [6.45, 7) is 4.84. The summed E-state index contributed by atoms with van der Waals surface area (Å²) in [6.07, 6.45) is 2.22. The van der Waals surface area contributed by atoms with Crippen molar-refractivity contribution in [3.63, 3.8) is 0 Å². The Labute approximate surface area is 83.2 Å². The third kappa shape index (κ3) is 1.65. The van der Waals surface area contributed by atoms with Crippen molar-refractivity contribution in [3.05, 3.63) is 12.2 Å². The molecule has 1 aromatic rings. The second kappa shape index (κ2) is 3.67. The second-order valence-corrected chi connectivity index (χ2v) is 4.04. The van der Waals surface area contributed by atoms with Crippen LogP contribution in [0.25, 0.3) is 0 Å². The van der Waals surface area contributed by atoms with Gasteiger partial charge in [0.2, 0.25) is 0 Å². The fourth-order valence-corrected chi connectivity index (χ4v) is 1.81. The first-order chi connectivity index (χ1) is 6.68. The number of aliphatic hydroxyl groups excluding tert-OH is 1. The number of hydrogen-bond donors (Lipinski definition) is 2. The molecule has 1 fully saturated rings. The van der Waals surface area contributed by atoms with E-state index in [1.54, 1.807) is 6.33 Å². The molecule has 0 aromatic carbocycles. The van der Waals surface area contributed by atoms with Crippen molar-refractivity contribution in [3.8, 4) is 0 Å². The molecule has 0 spiro atoms. The van der Waals surface area contributed by atoms with Crippen LogP contribution < -0.4 is 5.32 Å². The van der Waals surface area contributed by atoms with Crippen molar-refractivity contribution >= 4 is 0 Å². The van der Waals surface area contributed by atoms with Crippen LogP contribution in [0.1, 0.15) is 38.2 Å². The second-order valence-electron chi connectivity index (χ2n) is 4.04. The Morgan fingerprint density at radius 3 is 3.00 bits per heavy atom. The SMILES string of the molecule is CC(C)n1cnnc1[C@@H]1CC(O)CN1. The Hall–Kier alpha value is -0.940. The largest absolute Gasteiger partial charge is 0.392 e. The van der Waals surface area contributed by atoms with Gasteiger partial charge >= 0.3 is 0 Å². The lowest BCUT2D eigenvalue weighted by Gasteiger charge is -2.14. The summed E-state index contributed by atoms with van der Waals surface area (Å²) >= 11 is 0. The summed E-state index contributed by atoms with van der Waals surface area (Å²) in [5, 5.41) is 20.6. The average molecular weight is 196 g/mol. The Kier molecular flexibility index (Phi) is 2.52. The molecule has 14 heavy (non-hydrogen) atoms. The maximum Gasteiger partial charge on any atom is 0.150 e. The Morgan fingerprint density at radius 1 is 1.64 bits per heavy atom. The molecule has 0 radical (unpaired) electrons. The third-order valence-corrected chi connectivity index (χ3v) is 2.58. The summed E-state index contributed by atoms with van der Waals surface area (Å²) in [5.41, 5.74) is 0. The van der Waals surface area contributed by atoms with Crippen LogP contribution in [0.3, 0.4) is 0 Å². The highest BCUT2D eigenvalue weighted by molar-refractivity contribution is 5.00. The Balaban J connectivity index is 2.19. The highest BCUT2D eigenvalue weighted by atomic mass is 16.3. The summed E-state index contributed by atoms with van der Waals surface area (Å²) < 4.78 is 2.04. The summed E-state index contributed by atoms with van der Waals surface area (Å²) in [4.78, 5) is 0. The predicted octanol–water partition coefficient (Wildman–Crippen LogP) is 0.254. The number of rotatable bonds is 2. The first-order valence-corrected chi connectivity index (χ1v) is 4.99. The third-order valence-electron chi connectivity index (χ3n) is 2.58. The smallest absolute Gasteiger partial charge is 0.150 e.